The molecule has 0 saturated carbocycles. The van der Waals surface area contributed by atoms with Crippen molar-refractivity contribution in [3.05, 3.63) is 57.6 Å². The first-order chi connectivity index (χ1) is 10.8. The van der Waals surface area contributed by atoms with Crippen LogP contribution in [0.25, 0.3) is 0 Å². The molecule has 2 amide bonds. The Bertz CT molecular complexity index is 757. The van der Waals surface area contributed by atoms with Crippen molar-refractivity contribution in [2.45, 2.75) is 27.2 Å². The van der Waals surface area contributed by atoms with E-state index in [1.54, 1.807) is 6.07 Å². The lowest BCUT2D eigenvalue weighted by Gasteiger charge is -2.10. The van der Waals surface area contributed by atoms with Crippen LogP contribution < -0.4 is 10.6 Å². The van der Waals surface area contributed by atoms with Gasteiger partial charge in [-0.25, -0.2) is 0 Å². The van der Waals surface area contributed by atoms with E-state index in [0.29, 0.717) is 5.69 Å². The summed E-state index contributed by atoms with van der Waals surface area (Å²) in [7, 11) is 0. The number of hydrogen-bond acceptors (Lipinski definition) is 2. The molecule has 0 radical (unpaired) electrons. The zero-order valence-electron chi connectivity index (χ0n) is 13.4. The van der Waals surface area contributed by atoms with Crippen LogP contribution in [-0.4, -0.2) is 11.8 Å². The lowest BCUT2D eigenvalue weighted by Crippen LogP contribution is -2.21. The maximum atomic E-state index is 12.0. The summed E-state index contributed by atoms with van der Waals surface area (Å²) in [5.41, 5.74) is 4.52. The van der Waals surface area contributed by atoms with Crippen LogP contribution in [0.4, 0.5) is 11.4 Å². The Morgan fingerprint density at radius 3 is 2.26 bits per heavy atom. The number of carbonyl (C=O) groups excluding carboxylic acids is 2. The van der Waals surface area contributed by atoms with Crippen molar-refractivity contribution >= 4 is 39.1 Å². The molecule has 0 atom stereocenters. The molecule has 0 bridgehead atoms. The van der Waals surface area contributed by atoms with Gasteiger partial charge in [0.15, 0.2) is 0 Å². The Labute approximate surface area is 144 Å². The fourth-order valence-corrected chi connectivity index (χ4v) is 2.47. The summed E-state index contributed by atoms with van der Waals surface area (Å²) in [4.78, 5) is 24.0. The van der Waals surface area contributed by atoms with Crippen LogP contribution in [0.15, 0.2) is 40.9 Å². The molecular formula is C18H19BrN2O2. The molecule has 0 saturated heterocycles. The molecule has 0 unspecified atom stereocenters. The molecule has 23 heavy (non-hydrogen) atoms. The topological polar surface area (TPSA) is 58.2 Å². The summed E-state index contributed by atoms with van der Waals surface area (Å²) in [5, 5.41) is 5.50. The largest absolute Gasteiger partial charge is 0.326 e. The van der Waals surface area contributed by atoms with E-state index in [9.17, 15) is 9.59 Å². The van der Waals surface area contributed by atoms with Crippen LogP contribution >= 0.6 is 15.9 Å². The van der Waals surface area contributed by atoms with E-state index in [2.05, 4.69) is 26.6 Å². The molecule has 0 aliphatic heterocycles. The Hall–Kier alpha value is -2.14. The lowest BCUT2D eigenvalue weighted by molar-refractivity contribution is -0.123. The Balaban J connectivity index is 1.94. The van der Waals surface area contributed by atoms with Crippen molar-refractivity contribution in [3.63, 3.8) is 0 Å². The van der Waals surface area contributed by atoms with E-state index in [4.69, 9.17) is 0 Å². The second kappa shape index (κ2) is 7.42. The van der Waals surface area contributed by atoms with Gasteiger partial charge in [0.25, 0.3) is 0 Å². The second-order valence-corrected chi connectivity index (χ2v) is 6.41. The number of amides is 2. The molecule has 2 rings (SSSR count). The number of rotatable bonds is 4. The van der Waals surface area contributed by atoms with Crippen LogP contribution in [-0.2, 0) is 9.59 Å². The first kappa shape index (κ1) is 17.2. The summed E-state index contributed by atoms with van der Waals surface area (Å²) < 4.78 is 0.975. The monoisotopic (exact) mass is 374 g/mol. The van der Waals surface area contributed by atoms with Crippen LogP contribution in [0.2, 0.25) is 0 Å². The average Bonchev–Trinajstić information content (AvgIpc) is 2.46. The number of hydrogen-bond donors (Lipinski definition) is 2. The SMILES string of the molecule is Cc1ccc(NC(=O)CC(=O)Nc2ccc(Br)c(C)c2)c(C)c1. The number of benzene rings is 2. The van der Waals surface area contributed by atoms with E-state index in [1.807, 2.05) is 51.1 Å². The van der Waals surface area contributed by atoms with Crippen LogP contribution in [0, 0.1) is 20.8 Å². The number of aryl methyl sites for hydroxylation is 3. The van der Waals surface area contributed by atoms with Gasteiger partial charge in [-0.05, 0) is 56.2 Å². The van der Waals surface area contributed by atoms with Crippen LogP contribution in [0.1, 0.15) is 23.1 Å². The van der Waals surface area contributed by atoms with Crippen molar-refractivity contribution in [3.8, 4) is 0 Å². The molecule has 5 heteroatoms. The highest BCUT2D eigenvalue weighted by atomic mass is 79.9. The third kappa shape index (κ3) is 4.93. The van der Waals surface area contributed by atoms with Gasteiger partial charge in [0.05, 0.1) is 0 Å². The maximum absolute atomic E-state index is 12.0. The highest BCUT2D eigenvalue weighted by molar-refractivity contribution is 9.10. The normalized spacial score (nSPS) is 10.3. The number of carbonyl (C=O) groups is 2. The van der Waals surface area contributed by atoms with Crippen LogP contribution in [0.5, 0.6) is 0 Å². The maximum Gasteiger partial charge on any atom is 0.233 e. The highest BCUT2D eigenvalue weighted by Crippen LogP contribution is 2.20. The summed E-state index contributed by atoms with van der Waals surface area (Å²) in [6, 6.07) is 11.3. The zero-order valence-corrected chi connectivity index (χ0v) is 15.0. The molecular weight excluding hydrogens is 356 g/mol. The van der Waals surface area contributed by atoms with Gasteiger partial charge in [-0.2, -0.15) is 0 Å². The third-order valence-electron chi connectivity index (χ3n) is 3.42. The van der Waals surface area contributed by atoms with Gasteiger partial charge in [0.2, 0.25) is 11.8 Å². The minimum atomic E-state index is -0.339. The van der Waals surface area contributed by atoms with Gasteiger partial charge >= 0.3 is 0 Å². The van der Waals surface area contributed by atoms with Gasteiger partial charge in [-0.3, -0.25) is 9.59 Å². The van der Waals surface area contributed by atoms with Crippen molar-refractivity contribution < 1.29 is 9.59 Å². The zero-order chi connectivity index (χ0) is 17.0. The van der Waals surface area contributed by atoms with Crippen molar-refractivity contribution in [2.24, 2.45) is 0 Å². The van der Waals surface area contributed by atoms with E-state index in [-0.39, 0.29) is 18.2 Å². The highest BCUT2D eigenvalue weighted by Gasteiger charge is 2.11. The van der Waals surface area contributed by atoms with Gasteiger partial charge in [0, 0.05) is 15.8 Å². The van der Waals surface area contributed by atoms with Crippen LogP contribution in [0.3, 0.4) is 0 Å². The third-order valence-corrected chi connectivity index (χ3v) is 4.31. The van der Waals surface area contributed by atoms with Gasteiger partial charge in [0.1, 0.15) is 6.42 Å². The summed E-state index contributed by atoms with van der Waals surface area (Å²) in [5.74, 6) is -0.669. The Morgan fingerprint density at radius 2 is 1.61 bits per heavy atom. The van der Waals surface area contributed by atoms with E-state index in [0.717, 1.165) is 26.9 Å². The lowest BCUT2D eigenvalue weighted by atomic mass is 10.1. The molecule has 0 heterocycles. The standard InChI is InChI=1S/C18H19BrN2O2/c1-11-4-7-16(13(3)8-11)21-18(23)10-17(22)20-14-5-6-15(19)12(2)9-14/h4-9H,10H2,1-3H3,(H,20,22)(H,21,23). The summed E-state index contributed by atoms with van der Waals surface area (Å²) in [6.07, 6.45) is -0.220. The van der Waals surface area contributed by atoms with Crippen molar-refractivity contribution in [1.82, 2.24) is 0 Å². The Morgan fingerprint density at radius 1 is 0.913 bits per heavy atom. The first-order valence-electron chi connectivity index (χ1n) is 7.28. The first-order valence-corrected chi connectivity index (χ1v) is 8.07. The minimum absolute atomic E-state index is 0.220. The predicted octanol–water partition coefficient (Wildman–Crippen LogP) is 4.34. The van der Waals surface area contributed by atoms with Gasteiger partial charge < -0.3 is 10.6 Å². The minimum Gasteiger partial charge on any atom is -0.326 e. The Kier molecular flexibility index (Phi) is 5.55. The average molecular weight is 375 g/mol. The smallest absolute Gasteiger partial charge is 0.233 e. The molecule has 0 aliphatic carbocycles. The molecule has 2 N–H and O–H groups in total. The second-order valence-electron chi connectivity index (χ2n) is 5.56. The fraction of sp³-hybridized carbons (Fsp3) is 0.222. The molecule has 120 valence electrons. The number of halogens is 1. The molecule has 2 aromatic rings. The molecule has 4 nitrogen and oxygen atoms in total. The summed E-state index contributed by atoms with van der Waals surface area (Å²) in [6.45, 7) is 5.85. The molecule has 0 spiro atoms. The van der Waals surface area contributed by atoms with Crippen molar-refractivity contribution in [2.75, 3.05) is 10.6 Å². The van der Waals surface area contributed by atoms with E-state index < -0.39 is 0 Å². The summed E-state index contributed by atoms with van der Waals surface area (Å²) >= 11 is 3.41. The fourth-order valence-electron chi connectivity index (χ4n) is 2.22. The van der Waals surface area contributed by atoms with Gasteiger partial charge in [-0.15, -0.1) is 0 Å². The van der Waals surface area contributed by atoms with Crippen molar-refractivity contribution in [1.29, 1.82) is 0 Å². The van der Waals surface area contributed by atoms with E-state index in [1.165, 1.54) is 0 Å². The molecule has 2 aromatic carbocycles. The van der Waals surface area contributed by atoms with Gasteiger partial charge in [-0.1, -0.05) is 33.6 Å². The molecule has 0 aromatic heterocycles. The number of anilines is 2. The quantitative estimate of drug-likeness (QED) is 0.781. The molecule has 0 aliphatic rings. The predicted molar refractivity (Wildman–Crippen MR) is 96.7 cm³/mol. The number of nitrogens with one attached hydrogen (secondary N) is 2. The molecule has 0 fully saturated rings. The van der Waals surface area contributed by atoms with E-state index >= 15 is 0 Å².